The van der Waals surface area contributed by atoms with Crippen LogP contribution in [0.5, 0.6) is 0 Å². The Morgan fingerprint density at radius 1 is 1.38 bits per heavy atom. The van der Waals surface area contributed by atoms with Crippen LogP contribution < -0.4 is 5.32 Å². The average Bonchev–Trinajstić information content (AvgIpc) is 2.51. The van der Waals surface area contributed by atoms with E-state index in [1.165, 1.54) is 22.0 Å². The van der Waals surface area contributed by atoms with Crippen LogP contribution in [0.3, 0.4) is 0 Å². The van der Waals surface area contributed by atoms with Gasteiger partial charge in [-0.15, -0.1) is 0 Å². The lowest BCUT2D eigenvalue weighted by molar-refractivity contribution is 0.823. The van der Waals surface area contributed by atoms with E-state index >= 15 is 0 Å². The third-order valence-electron chi connectivity index (χ3n) is 2.38. The van der Waals surface area contributed by atoms with Gasteiger partial charge >= 0.3 is 0 Å². The summed E-state index contributed by atoms with van der Waals surface area (Å²) < 4.78 is 0. The summed E-state index contributed by atoms with van der Waals surface area (Å²) in [4.78, 5) is 3.30. The fraction of sp³-hybridized carbons (Fsp3) is 0.273. The number of hydrogen-bond acceptors (Lipinski definition) is 1. The fourth-order valence-corrected chi connectivity index (χ4v) is 1.70. The number of hydrogen-bond donors (Lipinski definition) is 2. The molecule has 2 rings (SSSR count). The molecule has 0 aliphatic carbocycles. The molecule has 2 nitrogen and oxygen atoms in total. The second-order valence-corrected chi connectivity index (χ2v) is 3.34. The number of benzene rings is 1. The fourth-order valence-electron chi connectivity index (χ4n) is 1.70. The Kier molecular flexibility index (Phi) is 2.07. The molecule has 0 amide bonds. The van der Waals surface area contributed by atoms with Crippen molar-refractivity contribution in [2.45, 2.75) is 13.5 Å². The number of aryl methyl sites for hydroxylation is 1. The molecule has 0 fully saturated rings. The first-order chi connectivity index (χ1) is 6.33. The Morgan fingerprint density at radius 2 is 2.23 bits per heavy atom. The third-order valence-corrected chi connectivity index (χ3v) is 2.38. The van der Waals surface area contributed by atoms with Crippen LogP contribution in [0.25, 0.3) is 10.9 Å². The van der Waals surface area contributed by atoms with Crippen LogP contribution in [-0.4, -0.2) is 12.0 Å². The summed E-state index contributed by atoms with van der Waals surface area (Å²) in [5.74, 6) is 0. The molecule has 0 spiro atoms. The van der Waals surface area contributed by atoms with Crippen LogP contribution in [0.4, 0.5) is 0 Å². The topological polar surface area (TPSA) is 27.8 Å². The average molecular weight is 174 g/mol. The molecule has 13 heavy (non-hydrogen) atoms. The van der Waals surface area contributed by atoms with Gasteiger partial charge in [0.05, 0.1) is 0 Å². The quantitative estimate of drug-likeness (QED) is 0.717. The summed E-state index contributed by atoms with van der Waals surface area (Å²) in [7, 11) is 1.97. The SMILES string of the molecule is CNCc1c[nH]c2c(C)cccc12. The second kappa shape index (κ2) is 3.23. The van der Waals surface area contributed by atoms with Gasteiger partial charge in [-0.2, -0.15) is 0 Å². The zero-order valence-electron chi connectivity index (χ0n) is 8.02. The summed E-state index contributed by atoms with van der Waals surface area (Å²) in [5, 5.41) is 4.49. The number of para-hydroxylation sites is 1. The van der Waals surface area contributed by atoms with Crippen molar-refractivity contribution >= 4 is 10.9 Å². The monoisotopic (exact) mass is 174 g/mol. The van der Waals surface area contributed by atoms with Gasteiger partial charge in [0.15, 0.2) is 0 Å². The van der Waals surface area contributed by atoms with E-state index in [0.717, 1.165) is 6.54 Å². The highest BCUT2D eigenvalue weighted by Gasteiger charge is 2.02. The largest absolute Gasteiger partial charge is 0.361 e. The molecule has 68 valence electrons. The normalized spacial score (nSPS) is 10.9. The first-order valence-electron chi connectivity index (χ1n) is 4.53. The maximum absolute atomic E-state index is 3.30. The molecular formula is C11H14N2. The lowest BCUT2D eigenvalue weighted by Gasteiger charge is -1.98. The van der Waals surface area contributed by atoms with Gasteiger partial charge in [-0.3, -0.25) is 0 Å². The predicted octanol–water partition coefficient (Wildman–Crippen LogP) is 2.20. The molecule has 1 aromatic carbocycles. The Morgan fingerprint density at radius 3 is 3.00 bits per heavy atom. The lowest BCUT2D eigenvalue weighted by atomic mass is 10.1. The van der Waals surface area contributed by atoms with Crippen molar-refractivity contribution in [2.24, 2.45) is 0 Å². The first kappa shape index (κ1) is 8.32. The van der Waals surface area contributed by atoms with Crippen molar-refractivity contribution < 1.29 is 0 Å². The molecular weight excluding hydrogens is 160 g/mol. The molecule has 2 N–H and O–H groups in total. The minimum absolute atomic E-state index is 0.920. The van der Waals surface area contributed by atoms with E-state index in [9.17, 15) is 0 Å². The van der Waals surface area contributed by atoms with Gasteiger partial charge in [-0.1, -0.05) is 18.2 Å². The minimum Gasteiger partial charge on any atom is -0.361 e. The van der Waals surface area contributed by atoms with Gasteiger partial charge in [0.1, 0.15) is 0 Å². The Bertz CT molecular complexity index is 415. The van der Waals surface area contributed by atoms with E-state index in [1.54, 1.807) is 0 Å². The lowest BCUT2D eigenvalue weighted by Crippen LogP contribution is -2.03. The van der Waals surface area contributed by atoms with Crippen molar-refractivity contribution in [2.75, 3.05) is 7.05 Å². The highest BCUT2D eigenvalue weighted by Crippen LogP contribution is 2.20. The summed E-state index contributed by atoms with van der Waals surface area (Å²) in [6.07, 6.45) is 2.08. The van der Waals surface area contributed by atoms with E-state index in [1.807, 2.05) is 7.05 Å². The Balaban J connectivity index is 2.61. The molecule has 0 aliphatic rings. The molecule has 0 saturated carbocycles. The summed E-state index contributed by atoms with van der Waals surface area (Å²) in [5.41, 5.74) is 3.90. The van der Waals surface area contributed by atoms with Crippen molar-refractivity contribution in [3.63, 3.8) is 0 Å². The van der Waals surface area contributed by atoms with E-state index < -0.39 is 0 Å². The second-order valence-electron chi connectivity index (χ2n) is 3.34. The number of fused-ring (bicyclic) bond motifs is 1. The van der Waals surface area contributed by atoms with E-state index in [2.05, 4.69) is 41.6 Å². The van der Waals surface area contributed by atoms with E-state index in [4.69, 9.17) is 0 Å². The van der Waals surface area contributed by atoms with Crippen LogP contribution in [-0.2, 0) is 6.54 Å². The summed E-state index contributed by atoms with van der Waals surface area (Å²) in [6, 6.07) is 6.39. The predicted molar refractivity (Wildman–Crippen MR) is 55.8 cm³/mol. The first-order valence-corrected chi connectivity index (χ1v) is 4.53. The van der Waals surface area contributed by atoms with Crippen LogP contribution >= 0.6 is 0 Å². The van der Waals surface area contributed by atoms with Crippen molar-refractivity contribution in [3.05, 3.63) is 35.5 Å². The van der Waals surface area contributed by atoms with Crippen LogP contribution in [0, 0.1) is 6.92 Å². The Labute approximate surface area is 78.0 Å². The highest BCUT2D eigenvalue weighted by atomic mass is 14.8. The molecule has 0 radical (unpaired) electrons. The molecule has 0 atom stereocenters. The van der Waals surface area contributed by atoms with Gasteiger partial charge < -0.3 is 10.3 Å². The minimum atomic E-state index is 0.920. The molecule has 2 aromatic rings. The maximum Gasteiger partial charge on any atom is 0.0487 e. The molecule has 0 aliphatic heterocycles. The van der Waals surface area contributed by atoms with E-state index in [-0.39, 0.29) is 0 Å². The number of rotatable bonds is 2. The standard InChI is InChI=1S/C11H14N2/c1-8-4-3-5-10-9(6-12-2)7-13-11(8)10/h3-5,7,12-13H,6H2,1-2H3. The molecule has 0 bridgehead atoms. The molecule has 0 saturated heterocycles. The number of nitrogens with one attached hydrogen (secondary N) is 2. The summed E-state index contributed by atoms with van der Waals surface area (Å²) in [6.45, 7) is 3.05. The van der Waals surface area contributed by atoms with Crippen LogP contribution in [0.1, 0.15) is 11.1 Å². The van der Waals surface area contributed by atoms with Gasteiger partial charge in [0, 0.05) is 23.6 Å². The van der Waals surface area contributed by atoms with Gasteiger partial charge in [0.25, 0.3) is 0 Å². The van der Waals surface area contributed by atoms with Crippen molar-refractivity contribution in [1.82, 2.24) is 10.3 Å². The zero-order valence-corrected chi connectivity index (χ0v) is 8.02. The van der Waals surface area contributed by atoms with Gasteiger partial charge in [-0.05, 0) is 25.1 Å². The maximum atomic E-state index is 3.30. The van der Waals surface area contributed by atoms with Crippen LogP contribution in [0.15, 0.2) is 24.4 Å². The van der Waals surface area contributed by atoms with E-state index in [0.29, 0.717) is 0 Å². The number of aromatic nitrogens is 1. The molecule has 1 aromatic heterocycles. The molecule has 1 heterocycles. The van der Waals surface area contributed by atoms with Crippen LogP contribution in [0.2, 0.25) is 0 Å². The smallest absolute Gasteiger partial charge is 0.0487 e. The third kappa shape index (κ3) is 1.33. The number of aromatic amines is 1. The zero-order chi connectivity index (χ0) is 9.26. The highest BCUT2D eigenvalue weighted by molar-refractivity contribution is 5.85. The molecule has 2 heteroatoms. The number of H-pyrrole nitrogens is 1. The van der Waals surface area contributed by atoms with Crippen molar-refractivity contribution in [1.29, 1.82) is 0 Å². The molecule has 0 unspecified atom stereocenters. The van der Waals surface area contributed by atoms with Gasteiger partial charge in [0.2, 0.25) is 0 Å². The van der Waals surface area contributed by atoms with Crippen molar-refractivity contribution in [3.8, 4) is 0 Å². The van der Waals surface area contributed by atoms with Gasteiger partial charge in [-0.25, -0.2) is 0 Å². The Hall–Kier alpha value is -1.28. The summed E-state index contributed by atoms with van der Waals surface area (Å²) >= 11 is 0.